The number of nitrogens with zero attached hydrogens (tertiary/aromatic N) is 1. The maximum Gasteiger partial charge on any atom is 0.239 e. The molecule has 2 amide bonds. The van der Waals surface area contributed by atoms with E-state index in [1.54, 1.807) is 0 Å². The fourth-order valence-electron chi connectivity index (χ4n) is 2.81. The fourth-order valence-corrected chi connectivity index (χ4v) is 2.81. The van der Waals surface area contributed by atoms with E-state index in [-0.39, 0.29) is 24.7 Å². The van der Waals surface area contributed by atoms with Crippen LogP contribution in [0.3, 0.4) is 0 Å². The van der Waals surface area contributed by atoms with E-state index in [0.29, 0.717) is 25.6 Å². The van der Waals surface area contributed by atoms with Gasteiger partial charge in [-0.2, -0.15) is 0 Å². The highest BCUT2D eigenvalue weighted by Crippen LogP contribution is 2.21. The van der Waals surface area contributed by atoms with Crippen LogP contribution in [0, 0.1) is 5.92 Å². The van der Waals surface area contributed by atoms with Crippen LogP contribution in [0.1, 0.15) is 44.9 Å². The Morgan fingerprint density at radius 2 is 1.76 bits per heavy atom. The number of amides is 2. The summed E-state index contributed by atoms with van der Waals surface area (Å²) in [6.07, 6.45) is 8.75. The molecular formula is C15H28BN3O2. The molecule has 3 N–H and O–H groups in total. The summed E-state index contributed by atoms with van der Waals surface area (Å²) in [5, 5.41) is 2.95. The molecule has 5 nitrogen and oxygen atoms in total. The van der Waals surface area contributed by atoms with Crippen molar-refractivity contribution in [3.05, 3.63) is 0 Å². The van der Waals surface area contributed by atoms with Crippen molar-refractivity contribution in [2.45, 2.75) is 51.3 Å². The molecule has 21 heavy (non-hydrogen) atoms. The molecule has 1 saturated carbocycles. The third-order valence-electron chi connectivity index (χ3n) is 4.07. The third kappa shape index (κ3) is 7.51. The molecule has 1 rings (SSSR count). The van der Waals surface area contributed by atoms with Crippen LogP contribution in [-0.2, 0) is 9.59 Å². The topological polar surface area (TPSA) is 75.4 Å². The number of nitrogens with one attached hydrogen (secondary N) is 1. The van der Waals surface area contributed by atoms with Gasteiger partial charge in [-0.3, -0.25) is 9.59 Å². The van der Waals surface area contributed by atoms with Crippen LogP contribution in [0.25, 0.3) is 0 Å². The van der Waals surface area contributed by atoms with E-state index < -0.39 is 0 Å². The first-order valence-corrected chi connectivity index (χ1v) is 8.12. The van der Waals surface area contributed by atoms with Gasteiger partial charge in [-0.05, 0) is 25.1 Å². The lowest BCUT2D eigenvalue weighted by atomic mass is 9.91. The molecule has 0 spiro atoms. The summed E-state index contributed by atoms with van der Waals surface area (Å²) < 4.78 is 0. The van der Waals surface area contributed by atoms with Crippen molar-refractivity contribution in [2.24, 2.45) is 11.7 Å². The van der Waals surface area contributed by atoms with E-state index >= 15 is 0 Å². The van der Waals surface area contributed by atoms with Crippen LogP contribution < -0.4 is 11.1 Å². The summed E-state index contributed by atoms with van der Waals surface area (Å²) in [4.78, 5) is 25.0. The molecule has 0 aromatic heterocycles. The largest absolute Gasteiger partial charge is 0.354 e. The SMILES string of the molecule is [B]CC(=O)N(CCN)CC(=O)NCC1CCCCCCC1. The summed E-state index contributed by atoms with van der Waals surface area (Å²) in [5.41, 5.74) is 5.45. The zero-order chi connectivity index (χ0) is 15.5. The van der Waals surface area contributed by atoms with Crippen LogP contribution in [0.5, 0.6) is 0 Å². The summed E-state index contributed by atoms with van der Waals surface area (Å²) in [6, 6.07) is 0. The van der Waals surface area contributed by atoms with E-state index in [2.05, 4.69) is 5.32 Å². The Bertz CT molecular complexity index is 318. The maximum atomic E-state index is 12.0. The lowest BCUT2D eigenvalue weighted by Crippen LogP contribution is -2.43. The van der Waals surface area contributed by atoms with E-state index in [9.17, 15) is 9.59 Å². The van der Waals surface area contributed by atoms with Crippen molar-refractivity contribution in [1.29, 1.82) is 0 Å². The molecule has 0 saturated heterocycles. The molecule has 0 aromatic rings. The van der Waals surface area contributed by atoms with Gasteiger partial charge in [0.2, 0.25) is 11.8 Å². The molecule has 1 aliphatic carbocycles. The van der Waals surface area contributed by atoms with Gasteiger partial charge in [-0.25, -0.2) is 0 Å². The molecule has 0 bridgehead atoms. The molecule has 6 heteroatoms. The summed E-state index contributed by atoms with van der Waals surface area (Å²) in [5.74, 6) is 0.219. The molecule has 0 atom stereocenters. The highest BCUT2D eigenvalue weighted by atomic mass is 16.2. The number of carbonyl (C=O) groups is 2. The Labute approximate surface area is 129 Å². The van der Waals surface area contributed by atoms with Crippen LogP contribution >= 0.6 is 0 Å². The maximum absolute atomic E-state index is 12.0. The normalized spacial score (nSPS) is 16.8. The Hall–Kier alpha value is -1.04. The van der Waals surface area contributed by atoms with Crippen molar-refractivity contribution in [1.82, 2.24) is 10.2 Å². The Kier molecular flexibility index (Phi) is 9.14. The Balaban J connectivity index is 2.32. The lowest BCUT2D eigenvalue weighted by molar-refractivity contribution is -0.134. The van der Waals surface area contributed by atoms with Gasteiger partial charge < -0.3 is 16.0 Å². The molecule has 0 unspecified atom stereocenters. The van der Waals surface area contributed by atoms with Gasteiger partial charge in [0.1, 0.15) is 0 Å². The average molecular weight is 293 g/mol. The number of hydrogen-bond acceptors (Lipinski definition) is 3. The van der Waals surface area contributed by atoms with Gasteiger partial charge in [0.05, 0.1) is 14.4 Å². The summed E-state index contributed by atoms with van der Waals surface area (Å²) >= 11 is 0. The first-order valence-electron chi connectivity index (χ1n) is 8.12. The number of nitrogens with two attached hydrogens (primary N) is 1. The minimum Gasteiger partial charge on any atom is -0.354 e. The fraction of sp³-hybridized carbons (Fsp3) is 0.867. The van der Waals surface area contributed by atoms with E-state index in [1.165, 1.54) is 49.8 Å². The number of carbonyl (C=O) groups excluding carboxylic acids is 2. The lowest BCUT2D eigenvalue weighted by Gasteiger charge is -2.23. The van der Waals surface area contributed by atoms with Crippen molar-refractivity contribution >= 4 is 19.7 Å². The van der Waals surface area contributed by atoms with Crippen molar-refractivity contribution in [2.75, 3.05) is 26.2 Å². The second kappa shape index (κ2) is 10.7. The zero-order valence-corrected chi connectivity index (χ0v) is 13.0. The molecule has 1 aliphatic rings. The van der Waals surface area contributed by atoms with Crippen molar-refractivity contribution < 1.29 is 9.59 Å². The number of rotatable bonds is 7. The van der Waals surface area contributed by atoms with E-state index in [0.717, 1.165) is 0 Å². The summed E-state index contributed by atoms with van der Waals surface area (Å²) in [6.45, 7) is 1.47. The van der Waals surface area contributed by atoms with Gasteiger partial charge in [0, 0.05) is 19.6 Å². The quantitative estimate of drug-likeness (QED) is 0.683. The standard InChI is InChI=1S/C15H28BN3O2/c16-10-15(21)19(9-8-17)12-14(20)18-11-13-6-4-2-1-3-5-7-13/h13H,1-12,17H2,(H,18,20). The average Bonchev–Trinajstić information content (AvgIpc) is 2.45. The minimum atomic E-state index is -0.235. The van der Waals surface area contributed by atoms with Gasteiger partial charge >= 0.3 is 0 Å². The smallest absolute Gasteiger partial charge is 0.239 e. The van der Waals surface area contributed by atoms with Crippen molar-refractivity contribution in [3.63, 3.8) is 0 Å². The monoisotopic (exact) mass is 293 g/mol. The second-order valence-corrected chi connectivity index (χ2v) is 5.82. The van der Waals surface area contributed by atoms with E-state index in [1.807, 2.05) is 0 Å². The first kappa shape index (κ1) is 18.0. The summed E-state index contributed by atoms with van der Waals surface area (Å²) in [7, 11) is 5.34. The third-order valence-corrected chi connectivity index (χ3v) is 4.07. The van der Waals surface area contributed by atoms with Crippen molar-refractivity contribution in [3.8, 4) is 0 Å². The molecule has 2 radical (unpaired) electrons. The highest BCUT2D eigenvalue weighted by Gasteiger charge is 2.16. The van der Waals surface area contributed by atoms with Gasteiger partial charge in [-0.15, -0.1) is 0 Å². The molecule has 0 aliphatic heterocycles. The molecule has 0 aromatic carbocycles. The zero-order valence-electron chi connectivity index (χ0n) is 13.0. The molecule has 118 valence electrons. The Morgan fingerprint density at radius 3 is 2.33 bits per heavy atom. The minimum absolute atomic E-state index is 0.0555. The van der Waals surface area contributed by atoms with Gasteiger partial charge in [0.25, 0.3) is 0 Å². The molecule has 0 heterocycles. The predicted molar refractivity (Wildman–Crippen MR) is 85.0 cm³/mol. The second-order valence-electron chi connectivity index (χ2n) is 5.82. The Morgan fingerprint density at radius 1 is 1.14 bits per heavy atom. The molecular weight excluding hydrogens is 265 g/mol. The highest BCUT2D eigenvalue weighted by molar-refractivity contribution is 6.19. The van der Waals surface area contributed by atoms with Gasteiger partial charge in [0.15, 0.2) is 0 Å². The van der Waals surface area contributed by atoms with E-state index in [4.69, 9.17) is 13.6 Å². The van der Waals surface area contributed by atoms with Gasteiger partial charge in [-0.1, -0.05) is 32.1 Å². The number of hydrogen-bond donors (Lipinski definition) is 2. The van der Waals surface area contributed by atoms with Crippen LogP contribution in [0.15, 0.2) is 0 Å². The van der Waals surface area contributed by atoms with Crippen LogP contribution in [0.2, 0.25) is 6.32 Å². The van der Waals surface area contributed by atoms with Crippen LogP contribution in [-0.4, -0.2) is 50.7 Å². The molecule has 1 fully saturated rings. The van der Waals surface area contributed by atoms with Crippen LogP contribution in [0.4, 0.5) is 0 Å². The first-order chi connectivity index (χ1) is 10.2. The predicted octanol–water partition coefficient (Wildman–Crippen LogP) is 0.837.